The zero-order valence-corrected chi connectivity index (χ0v) is 17.2. The Bertz CT molecular complexity index is 721. The lowest BCUT2D eigenvalue weighted by Gasteiger charge is -2.56. The molecule has 1 N–H and O–H groups in total. The Labute approximate surface area is 171 Å². The number of carbonyl (C=O) groups is 1. The second-order valence-electron chi connectivity index (χ2n) is 8.61. The number of rotatable bonds is 4. The molecule has 3 saturated heterocycles. The Balaban J connectivity index is 1.47. The van der Waals surface area contributed by atoms with Crippen LogP contribution < -0.4 is 0 Å². The van der Waals surface area contributed by atoms with Crippen LogP contribution in [-0.2, 0) is 28.5 Å². The molecule has 3 heterocycles. The minimum absolute atomic E-state index is 0.0120. The number of carbonyl (C=O) groups excluding carboxylic acids is 1. The number of fused-ring (bicyclic) bond motifs is 2. The molecule has 7 atom stereocenters. The van der Waals surface area contributed by atoms with Gasteiger partial charge in [-0.15, -0.1) is 0 Å². The highest BCUT2D eigenvalue weighted by Gasteiger charge is 2.57. The molecule has 0 aromatic heterocycles. The predicted octanol–water partition coefficient (Wildman–Crippen LogP) is 2.51. The summed E-state index contributed by atoms with van der Waals surface area (Å²) in [6.07, 6.45) is -0.799. The summed E-state index contributed by atoms with van der Waals surface area (Å²) in [5, 5.41) is 11.0. The van der Waals surface area contributed by atoms with Crippen LogP contribution in [0.1, 0.15) is 51.9 Å². The first-order valence-electron chi connectivity index (χ1n) is 10.3. The molecule has 0 radical (unpaired) electrons. The third-order valence-corrected chi connectivity index (χ3v) is 6.13. The molecule has 0 amide bonds. The zero-order chi connectivity index (χ0) is 20.6. The van der Waals surface area contributed by atoms with Crippen LogP contribution in [0.5, 0.6) is 0 Å². The molecular formula is C22H30O7. The van der Waals surface area contributed by atoms with Crippen LogP contribution in [0.3, 0.4) is 0 Å². The minimum atomic E-state index is -1.20. The maximum Gasteiger partial charge on any atom is 0.308 e. The van der Waals surface area contributed by atoms with E-state index in [1.807, 2.05) is 37.3 Å². The third-order valence-electron chi connectivity index (χ3n) is 6.13. The SMILES string of the molecule is CCOC(=O)C[C@H]1O[C@H]2C[C@H]3O[C@@H](c4ccccc4)OC[C@@H]3O[C@]2(C)C[C@]1(C)O. The first-order chi connectivity index (χ1) is 13.8. The van der Waals surface area contributed by atoms with Crippen molar-refractivity contribution in [1.82, 2.24) is 0 Å². The molecule has 0 spiro atoms. The second kappa shape index (κ2) is 7.96. The summed E-state index contributed by atoms with van der Waals surface area (Å²) in [4.78, 5) is 12.0. The van der Waals surface area contributed by atoms with Crippen molar-refractivity contribution in [3.63, 3.8) is 0 Å². The Kier molecular flexibility index (Phi) is 5.70. The van der Waals surface area contributed by atoms with Crippen molar-refractivity contribution in [2.75, 3.05) is 13.2 Å². The molecule has 3 aliphatic heterocycles. The van der Waals surface area contributed by atoms with Crippen LogP contribution in [0, 0.1) is 0 Å². The van der Waals surface area contributed by atoms with Gasteiger partial charge in [0.1, 0.15) is 6.10 Å². The first-order valence-corrected chi connectivity index (χ1v) is 10.3. The van der Waals surface area contributed by atoms with Crippen molar-refractivity contribution >= 4 is 5.97 Å². The summed E-state index contributed by atoms with van der Waals surface area (Å²) < 4.78 is 29.7. The van der Waals surface area contributed by atoms with Gasteiger partial charge in [-0.1, -0.05) is 30.3 Å². The molecule has 0 unspecified atom stereocenters. The van der Waals surface area contributed by atoms with Crippen LogP contribution in [0.15, 0.2) is 30.3 Å². The van der Waals surface area contributed by atoms with Gasteiger partial charge in [-0.05, 0) is 20.8 Å². The van der Waals surface area contributed by atoms with E-state index in [9.17, 15) is 9.90 Å². The smallest absolute Gasteiger partial charge is 0.308 e. The van der Waals surface area contributed by atoms with E-state index in [2.05, 4.69) is 0 Å². The fraction of sp³-hybridized carbons (Fsp3) is 0.682. The molecule has 1 aromatic carbocycles. The van der Waals surface area contributed by atoms with E-state index in [1.54, 1.807) is 13.8 Å². The number of hydrogen-bond acceptors (Lipinski definition) is 7. The number of ether oxygens (including phenoxy) is 5. The van der Waals surface area contributed by atoms with Gasteiger partial charge in [-0.25, -0.2) is 0 Å². The van der Waals surface area contributed by atoms with Gasteiger partial charge in [0.05, 0.1) is 49.1 Å². The number of esters is 1. The van der Waals surface area contributed by atoms with Gasteiger partial charge >= 0.3 is 5.97 Å². The molecule has 0 bridgehead atoms. The lowest BCUT2D eigenvalue weighted by Crippen LogP contribution is -2.67. The van der Waals surface area contributed by atoms with E-state index < -0.39 is 23.6 Å². The Morgan fingerprint density at radius 1 is 1.21 bits per heavy atom. The van der Waals surface area contributed by atoms with Gasteiger partial charge in [0.25, 0.3) is 0 Å². The predicted molar refractivity (Wildman–Crippen MR) is 103 cm³/mol. The van der Waals surface area contributed by atoms with Gasteiger partial charge < -0.3 is 28.8 Å². The van der Waals surface area contributed by atoms with Crippen molar-refractivity contribution in [3.8, 4) is 0 Å². The van der Waals surface area contributed by atoms with Gasteiger partial charge in [0.2, 0.25) is 0 Å². The zero-order valence-electron chi connectivity index (χ0n) is 17.2. The molecule has 4 rings (SSSR count). The summed E-state index contributed by atoms with van der Waals surface area (Å²) in [5.74, 6) is -0.373. The highest BCUT2D eigenvalue weighted by molar-refractivity contribution is 5.70. The number of aliphatic hydroxyl groups is 1. The van der Waals surface area contributed by atoms with Crippen molar-refractivity contribution < 1.29 is 33.6 Å². The van der Waals surface area contributed by atoms with E-state index in [-0.39, 0.29) is 30.7 Å². The minimum Gasteiger partial charge on any atom is -0.466 e. The normalized spacial score (nSPS) is 41.9. The van der Waals surface area contributed by atoms with E-state index in [0.717, 1.165) is 5.56 Å². The van der Waals surface area contributed by atoms with E-state index in [0.29, 0.717) is 26.1 Å². The molecule has 29 heavy (non-hydrogen) atoms. The van der Waals surface area contributed by atoms with Gasteiger partial charge in [-0.2, -0.15) is 0 Å². The summed E-state index contributed by atoms with van der Waals surface area (Å²) in [7, 11) is 0. The third kappa shape index (κ3) is 4.20. The summed E-state index contributed by atoms with van der Waals surface area (Å²) in [6.45, 7) is 6.12. The maximum atomic E-state index is 12.0. The molecule has 160 valence electrons. The topological polar surface area (TPSA) is 83.5 Å². The molecule has 3 fully saturated rings. The molecule has 0 aliphatic carbocycles. The fourth-order valence-corrected chi connectivity index (χ4v) is 4.72. The van der Waals surface area contributed by atoms with E-state index in [1.165, 1.54) is 0 Å². The first kappa shape index (κ1) is 20.8. The Hall–Kier alpha value is -1.51. The van der Waals surface area contributed by atoms with Crippen molar-refractivity contribution in [1.29, 1.82) is 0 Å². The molecule has 0 saturated carbocycles. The van der Waals surface area contributed by atoms with Crippen molar-refractivity contribution in [2.45, 2.75) is 81.9 Å². The Morgan fingerprint density at radius 3 is 2.69 bits per heavy atom. The van der Waals surface area contributed by atoms with Crippen LogP contribution in [0.2, 0.25) is 0 Å². The summed E-state index contributed by atoms with van der Waals surface area (Å²) in [6, 6.07) is 9.81. The molecule has 7 nitrogen and oxygen atoms in total. The van der Waals surface area contributed by atoms with E-state index in [4.69, 9.17) is 23.7 Å². The average molecular weight is 406 g/mol. The summed E-state index contributed by atoms with van der Waals surface area (Å²) >= 11 is 0. The molecule has 7 heteroatoms. The quantitative estimate of drug-likeness (QED) is 0.769. The lowest BCUT2D eigenvalue weighted by atomic mass is 9.74. The summed E-state index contributed by atoms with van der Waals surface area (Å²) in [5.41, 5.74) is -0.914. The maximum absolute atomic E-state index is 12.0. The van der Waals surface area contributed by atoms with Crippen LogP contribution in [-0.4, -0.2) is 59.9 Å². The van der Waals surface area contributed by atoms with E-state index >= 15 is 0 Å². The largest absolute Gasteiger partial charge is 0.466 e. The fourth-order valence-electron chi connectivity index (χ4n) is 4.72. The highest BCUT2D eigenvalue weighted by atomic mass is 16.7. The Morgan fingerprint density at radius 2 is 1.97 bits per heavy atom. The highest BCUT2D eigenvalue weighted by Crippen LogP contribution is 2.47. The standard InChI is InChI=1S/C22H30O7/c1-4-25-19(23)11-17-21(2,24)13-22(3)18(28-17)10-15-16(29-22)12-26-20(27-15)14-8-6-5-7-9-14/h5-9,15-18,20,24H,4,10-13H2,1-3H3/t15-,16+,17-,18+,20+,21+,22-/m1/s1. The number of hydrogen-bond donors (Lipinski definition) is 1. The molecule has 3 aliphatic rings. The van der Waals surface area contributed by atoms with Crippen LogP contribution >= 0.6 is 0 Å². The van der Waals surface area contributed by atoms with Gasteiger partial charge in [0, 0.05) is 18.4 Å². The van der Waals surface area contributed by atoms with Crippen molar-refractivity contribution in [2.24, 2.45) is 0 Å². The van der Waals surface area contributed by atoms with Crippen LogP contribution in [0.4, 0.5) is 0 Å². The molecule has 1 aromatic rings. The number of benzene rings is 1. The monoisotopic (exact) mass is 406 g/mol. The van der Waals surface area contributed by atoms with Gasteiger partial charge in [0.15, 0.2) is 6.29 Å². The van der Waals surface area contributed by atoms with Gasteiger partial charge in [-0.3, -0.25) is 4.79 Å². The average Bonchev–Trinajstić information content (AvgIpc) is 2.67. The van der Waals surface area contributed by atoms with Crippen LogP contribution in [0.25, 0.3) is 0 Å². The molecular weight excluding hydrogens is 376 g/mol. The second-order valence-corrected chi connectivity index (χ2v) is 8.61. The lowest BCUT2D eigenvalue weighted by molar-refractivity contribution is -0.354. The van der Waals surface area contributed by atoms with Crippen molar-refractivity contribution in [3.05, 3.63) is 35.9 Å².